The van der Waals surface area contributed by atoms with Crippen LogP contribution in [0.4, 0.5) is 5.95 Å². The number of ketones is 1. The molecule has 1 fully saturated rings. The molecule has 0 unspecified atom stereocenters. The van der Waals surface area contributed by atoms with Gasteiger partial charge in [-0.1, -0.05) is 29.8 Å². The highest BCUT2D eigenvalue weighted by atomic mass is 35.5. The summed E-state index contributed by atoms with van der Waals surface area (Å²) < 4.78 is 66.2. The lowest BCUT2D eigenvalue weighted by Gasteiger charge is -2.19. The van der Waals surface area contributed by atoms with E-state index in [4.69, 9.17) is 50.4 Å². The second-order valence-electron chi connectivity index (χ2n) is 7.88. The third-order valence-electron chi connectivity index (χ3n) is 5.63. The van der Waals surface area contributed by atoms with E-state index in [2.05, 4.69) is 26.8 Å². The number of hydrogen-bond donors (Lipinski definition) is 1. The van der Waals surface area contributed by atoms with Crippen molar-refractivity contribution in [3.8, 4) is 28.6 Å². The van der Waals surface area contributed by atoms with E-state index in [0.29, 0.717) is 24.1 Å². The highest BCUT2D eigenvalue weighted by Crippen LogP contribution is 2.46. The Morgan fingerprint density at radius 1 is 1.25 bits per heavy atom. The van der Waals surface area contributed by atoms with Gasteiger partial charge in [0.15, 0.2) is 5.78 Å². The quantitative estimate of drug-likeness (QED) is 0.357. The Morgan fingerprint density at radius 2 is 2.00 bits per heavy atom. The Bertz CT molecular complexity index is 1460. The molecule has 1 N–H and O–H groups in total. The highest BCUT2D eigenvalue weighted by molar-refractivity contribution is 6.41. The van der Waals surface area contributed by atoms with Gasteiger partial charge in [-0.3, -0.25) is 4.79 Å². The molecule has 0 saturated carbocycles. The van der Waals surface area contributed by atoms with Gasteiger partial charge < -0.3 is 24.3 Å². The van der Waals surface area contributed by atoms with Gasteiger partial charge in [0.2, 0.25) is 11.8 Å². The molecule has 2 aromatic heterocycles. The number of anilines is 1. The molecule has 2 atom stereocenters. The summed E-state index contributed by atoms with van der Waals surface area (Å²) in [5.41, 5.74) is 0.364. The standard InChI is InChI=1S/C25H26Cl2N4O5/c1-5-15(32)7-14-11-35-12-17(14)30-25-28-10-13-8-16(29-24(36-6-2)23(13)31-25)20-21(26)18(33-3)9-19(34-4)22(20)27/h5,8-10,14,17H,1,6-7,11-12H2,2-4H3,(H,28,30,31)/t14-,17+/m0/s1/i3D3,4D3. The van der Waals surface area contributed by atoms with Crippen LogP contribution in [0.1, 0.15) is 21.6 Å². The Kier molecular flexibility index (Phi) is 5.97. The summed E-state index contributed by atoms with van der Waals surface area (Å²) in [6.45, 7) is 6.22. The normalized spacial score (nSPS) is 20.3. The molecule has 1 saturated heterocycles. The van der Waals surface area contributed by atoms with Crippen molar-refractivity contribution in [1.82, 2.24) is 15.0 Å². The fraction of sp³-hybridized carbons (Fsp3) is 0.360. The molecule has 3 heterocycles. The van der Waals surface area contributed by atoms with Gasteiger partial charge in [-0.25, -0.2) is 15.0 Å². The number of pyridine rings is 1. The summed E-state index contributed by atoms with van der Waals surface area (Å²) in [6.07, 6.45) is 3.05. The number of fused-ring (bicyclic) bond motifs is 1. The zero-order valence-electron chi connectivity index (χ0n) is 25.1. The molecule has 3 aromatic rings. The second-order valence-corrected chi connectivity index (χ2v) is 8.64. The van der Waals surface area contributed by atoms with Crippen molar-refractivity contribution in [2.75, 3.05) is 39.2 Å². The monoisotopic (exact) mass is 538 g/mol. The number of hydrogen-bond acceptors (Lipinski definition) is 9. The van der Waals surface area contributed by atoms with Crippen LogP contribution in [-0.4, -0.2) is 60.7 Å². The summed E-state index contributed by atoms with van der Waals surface area (Å²) in [6, 6.07) is 2.29. The molecule has 0 radical (unpaired) electrons. The summed E-state index contributed by atoms with van der Waals surface area (Å²) in [7, 11) is -5.84. The molecule has 1 aromatic carbocycles. The van der Waals surface area contributed by atoms with E-state index in [0.717, 1.165) is 6.07 Å². The SMILES string of the molecule is [2H]C([2H])([2H])Oc1cc(OC([2H])([2H])[2H])c(Cl)c(-c2cc3cnc(N[C@@H]4COC[C@@H]4CC(=O)C=C)nc3c(OCC)n2)c1Cl. The molecule has 36 heavy (non-hydrogen) atoms. The van der Waals surface area contributed by atoms with Gasteiger partial charge in [-0.05, 0) is 19.1 Å². The van der Waals surface area contributed by atoms with Crippen LogP contribution in [-0.2, 0) is 9.53 Å². The molecule has 0 bridgehead atoms. The third kappa shape index (κ3) is 5.18. The number of rotatable bonds is 10. The van der Waals surface area contributed by atoms with Crippen LogP contribution in [0.2, 0.25) is 10.0 Å². The number of nitrogens with one attached hydrogen (secondary N) is 1. The molecule has 1 aliphatic heterocycles. The Labute approximate surface area is 227 Å². The lowest BCUT2D eigenvalue weighted by molar-refractivity contribution is -0.115. The maximum Gasteiger partial charge on any atom is 0.241 e. The Balaban J connectivity index is 1.80. The van der Waals surface area contributed by atoms with Gasteiger partial charge in [0.05, 0.1) is 63.9 Å². The van der Waals surface area contributed by atoms with Crippen molar-refractivity contribution < 1.29 is 32.0 Å². The molecule has 9 nitrogen and oxygen atoms in total. The van der Waals surface area contributed by atoms with Gasteiger partial charge in [-0.15, -0.1) is 0 Å². The number of nitrogens with zero attached hydrogens (tertiary/aromatic N) is 3. The van der Waals surface area contributed by atoms with Gasteiger partial charge in [-0.2, -0.15) is 0 Å². The average Bonchev–Trinajstić information content (AvgIpc) is 3.32. The van der Waals surface area contributed by atoms with E-state index < -0.39 is 25.6 Å². The number of methoxy groups -OCH3 is 2. The first kappa shape index (κ1) is 19.0. The van der Waals surface area contributed by atoms with Crippen molar-refractivity contribution in [3.05, 3.63) is 41.0 Å². The molecule has 0 amide bonds. The molecular formula is C25H26Cl2N4O5. The van der Waals surface area contributed by atoms with E-state index in [-0.39, 0.29) is 63.9 Å². The minimum absolute atomic E-state index is 0.0535. The van der Waals surface area contributed by atoms with E-state index >= 15 is 0 Å². The molecular weight excluding hydrogens is 507 g/mol. The lowest BCUT2D eigenvalue weighted by atomic mass is 9.97. The summed E-state index contributed by atoms with van der Waals surface area (Å²) >= 11 is 13.1. The number of carbonyl (C=O) groups excluding carboxylic acids is 1. The fourth-order valence-electron chi connectivity index (χ4n) is 3.87. The predicted molar refractivity (Wildman–Crippen MR) is 139 cm³/mol. The maximum atomic E-state index is 11.9. The number of carbonyl (C=O) groups is 1. The minimum Gasteiger partial charge on any atom is -0.495 e. The first-order valence-electron chi connectivity index (χ1n) is 13.9. The van der Waals surface area contributed by atoms with Crippen LogP contribution in [0.5, 0.6) is 17.4 Å². The second kappa shape index (κ2) is 11.3. The van der Waals surface area contributed by atoms with Crippen LogP contribution < -0.4 is 19.5 Å². The lowest BCUT2D eigenvalue weighted by Crippen LogP contribution is -2.30. The van der Waals surface area contributed by atoms with Gasteiger partial charge in [0.25, 0.3) is 0 Å². The first-order valence-corrected chi connectivity index (χ1v) is 11.6. The van der Waals surface area contributed by atoms with Crippen molar-refractivity contribution >= 4 is 45.8 Å². The van der Waals surface area contributed by atoms with Crippen LogP contribution >= 0.6 is 23.2 Å². The van der Waals surface area contributed by atoms with E-state index in [9.17, 15) is 4.79 Å². The molecule has 11 heteroatoms. The molecule has 4 rings (SSSR count). The van der Waals surface area contributed by atoms with Gasteiger partial charge >= 0.3 is 0 Å². The maximum absolute atomic E-state index is 11.9. The van der Waals surface area contributed by atoms with Gasteiger partial charge in [0, 0.05) is 35.6 Å². The highest BCUT2D eigenvalue weighted by Gasteiger charge is 2.30. The number of ether oxygens (including phenoxy) is 4. The molecule has 1 aliphatic rings. The number of aromatic nitrogens is 3. The summed E-state index contributed by atoms with van der Waals surface area (Å²) in [5, 5.41) is 3.16. The average molecular weight is 539 g/mol. The Morgan fingerprint density at radius 3 is 2.67 bits per heavy atom. The number of halogens is 2. The van der Waals surface area contributed by atoms with Crippen molar-refractivity contribution in [1.29, 1.82) is 0 Å². The summed E-state index contributed by atoms with van der Waals surface area (Å²) in [4.78, 5) is 25.4. The van der Waals surface area contributed by atoms with Crippen molar-refractivity contribution in [2.24, 2.45) is 5.92 Å². The smallest absolute Gasteiger partial charge is 0.241 e. The van der Waals surface area contributed by atoms with Crippen LogP contribution in [0, 0.1) is 5.92 Å². The third-order valence-corrected chi connectivity index (χ3v) is 6.38. The molecule has 0 aliphatic carbocycles. The van der Waals surface area contributed by atoms with Crippen molar-refractivity contribution in [2.45, 2.75) is 19.4 Å². The van der Waals surface area contributed by atoms with Crippen LogP contribution in [0.15, 0.2) is 31.0 Å². The zero-order chi connectivity index (χ0) is 30.8. The van der Waals surface area contributed by atoms with Crippen LogP contribution in [0.3, 0.4) is 0 Å². The first-order chi connectivity index (χ1) is 19.7. The minimum atomic E-state index is -2.92. The fourth-order valence-corrected chi connectivity index (χ4v) is 4.49. The Hall–Kier alpha value is -3.14. The predicted octanol–water partition coefficient (Wildman–Crippen LogP) is 4.99. The molecule has 0 spiro atoms. The topological polar surface area (TPSA) is 105 Å². The number of allylic oxidation sites excluding steroid dienone is 1. The number of benzene rings is 1. The van der Waals surface area contributed by atoms with E-state index in [1.54, 1.807) is 6.92 Å². The van der Waals surface area contributed by atoms with Crippen molar-refractivity contribution in [3.63, 3.8) is 0 Å². The largest absolute Gasteiger partial charge is 0.495 e. The van der Waals surface area contributed by atoms with E-state index in [1.165, 1.54) is 18.3 Å². The van der Waals surface area contributed by atoms with Crippen LogP contribution in [0.25, 0.3) is 22.2 Å². The van der Waals surface area contributed by atoms with Gasteiger partial charge in [0.1, 0.15) is 17.0 Å². The zero-order valence-corrected chi connectivity index (χ0v) is 20.7. The van der Waals surface area contributed by atoms with E-state index in [1.807, 2.05) is 0 Å². The molecule has 190 valence electrons. The summed E-state index contributed by atoms with van der Waals surface area (Å²) in [5.74, 6) is -0.651.